The molecule has 0 radical (unpaired) electrons. The molecule has 0 spiro atoms. The molecular formula is C17H12BrClF2N2O2. The Morgan fingerprint density at radius 3 is 2.56 bits per heavy atom. The van der Waals surface area contributed by atoms with E-state index < -0.39 is 23.6 Å². The molecule has 25 heavy (non-hydrogen) atoms. The SMILES string of the molecule is COC[C@H]1N=C(c2c(F)cccc2F)c2c(ccc(Br)c2Cl)NC1=O. The molecule has 1 amide bonds. The molecule has 0 saturated heterocycles. The molecule has 1 aliphatic rings. The van der Waals surface area contributed by atoms with Crippen molar-refractivity contribution in [2.75, 3.05) is 19.0 Å². The zero-order valence-electron chi connectivity index (χ0n) is 12.9. The van der Waals surface area contributed by atoms with E-state index in [9.17, 15) is 13.6 Å². The number of halogens is 4. The third-order valence-electron chi connectivity index (χ3n) is 3.70. The minimum Gasteiger partial charge on any atom is -0.382 e. The van der Waals surface area contributed by atoms with E-state index in [0.717, 1.165) is 12.1 Å². The molecule has 0 bridgehead atoms. The number of hydrogen-bond acceptors (Lipinski definition) is 3. The molecule has 2 aromatic carbocycles. The Labute approximate surface area is 156 Å². The smallest absolute Gasteiger partial charge is 0.251 e. The van der Waals surface area contributed by atoms with Crippen LogP contribution in [-0.4, -0.2) is 31.4 Å². The van der Waals surface area contributed by atoms with Crippen molar-refractivity contribution < 1.29 is 18.3 Å². The van der Waals surface area contributed by atoms with Crippen molar-refractivity contribution in [1.82, 2.24) is 0 Å². The number of ether oxygens (including phenoxy) is 1. The van der Waals surface area contributed by atoms with Crippen molar-refractivity contribution >= 4 is 44.8 Å². The summed E-state index contributed by atoms with van der Waals surface area (Å²) < 4.78 is 34.3. The van der Waals surface area contributed by atoms with Crippen LogP contribution in [-0.2, 0) is 9.53 Å². The molecule has 0 unspecified atom stereocenters. The second-order valence-corrected chi connectivity index (χ2v) is 6.55. The van der Waals surface area contributed by atoms with Crippen LogP contribution in [0.15, 0.2) is 39.8 Å². The minimum absolute atomic E-state index is 0.0435. The molecule has 0 aliphatic carbocycles. The molecule has 4 nitrogen and oxygen atoms in total. The van der Waals surface area contributed by atoms with Gasteiger partial charge in [-0.25, -0.2) is 8.78 Å². The highest BCUT2D eigenvalue weighted by molar-refractivity contribution is 9.10. The number of methoxy groups -OCH3 is 1. The molecule has 1 atom stereocenters. The molecule has 1 heterocycles. The number of fused-ring (bicyclic) bond motifs is 1. The highest BCUT2D eigenvalue weighted by atomic mass is 79.9. The maximum Gasteiger partial charge on any atom is 0.251 e. The molecule has 0 fully saturated rings. The fraction of sp³-hybridized carbons (Fsp3) is 0.176. The second kappa shape index (κ2) is 7.19. The Morgan fingerprint density at radius 1 is 1.24 bits per heavy atom. The molecule has 0 saturated carbocycles. The van der Waals surface area contributed by atoms with Gasteiger partial charge in [0.05, 0.1) is 28.6 Å². The van der Waals surface area contributed by atoms with Crippen LogP contribution >= 0.6 is 27.5 Å². The van der Waals surface area contributed by atoms with Crippen LogP contribution in [0.4, 0.5) is 14.5 Å². The number of hydrogen-bond donors (Lipinski definition) is 1. The first kappa shape index (κ1) is 18.0. The summed E-state index contributed by atoms with van der Waals surface area (Å²) in [6.45, 7) is -0.0435. The van der Waals surface area contributed by atoms with Crippen LogP contribution in [0.2, 0.25) is 5.02 Å². The maximum atomic E-state index is 14.4. The molecule has 8 heteroatoms. The van der Waals surface area contributed by atoms with Crippen molar-refractivity contribution in [2.24, 2.45) is 4.99 Å². The van der Waals surface area contributed by atoms with Crippen molar-refractivity contribution in [1.29, 1.82) is 0 Å². The zero-order chi connectivity index (χ0) is 18.1. The number of nitrogens with zero attached hydrogens (tertiary/aromatic N) is 1. The van der Waals surface area contributed by atoms with Crippen molar-refractivity contribution in [2.45, 2.75) is 6.04 Å². The topological polar surface area (TPSA) is 50.7 Å². The first-order chi connectivity index (χ1) is 11.9. The average molecular weight is 430 g/mol. The van der Waals surface area contributed by atoms with Crippen molar-refractivity contribution in [3.63, 3.8) is 0 Å². The van der Waals surface area contributed by atoms with E-state index in [-0.39, 0.29) is 28.5 Å². The van der Waals surface area contributed by atoms with Crippen molar-refractivity contribution in [3.8, 4) is 0 Å². The summed E-state index contributed by atoms with van der Waals surface area (Å²) in [5, 5.41) is 2.87. The van der Waals surface area contributed by atoms with E-state index in [4.69, 9.17) is 16.3 Å². The fourth-order valence-electron chi connectivity index (χ4n) is 2.57. The second-order valence-electron chi connectivity index (χ2n) is 5.32. The number of anilines is 1. The minimum atomic E-state index is -0.971. The van der Waals surface area contributed by atoms with Gasteiger partial charge in [0.2, 0.25) is 0 Å². The Morgan fingerprint density at radius 2 is 1.92 bits per heavy atom. The summed E-state index contributed by atoms with van der Waals surface area (Å²) in [4.78, 5) is 16.6. The lowest BCUT2D eigenvalue weighted by Gasteiger charge is -2.14. The number of benzodiazepines with no additional fused rings is 1. The van der Waals surface area contributed by atoms with Gasteiger partial charge in [0.15, 0.2) is 6.04 Å². The Hall–Kier alpha value is -1.83. The highest BCUT2D eigenvalue weighted by Crippen LogP contribution is 2.36. The lowest BCUT2D eigenvalue weighted by atomic mass is 9.99. The van der Waals surface area contributed by atoms with E-state index in [1.807, 2.05) is 0 Å². The summed E-state index contributed by atoms with van der Waals surface area (Å²) in [5.41, 5.74) is 0.170. The van der Waals surface area contributed by atoms with E-state index >= 15 is 0 Å². The Kier molecular flexibility index (Phi) is 5.17. The molecular weight excluding hydrogens is 418 g/mol. The number of benzene rings is 2. The monoisotopic (exact) mass is 428 g/mol. The highest BCUT2D eigenvalue weighted by Gasteiger charge is 2.30. The molecule has 1 N–H and O–H groups in total. The number of aliphatic imine (C=N–C) groups is 1. The summed E-state index contributed by atoms with van der Waals surface area (Å²) in [6.07, 6.45) is 0. The molecule has 2 aromatic rings. The number of amides is 1. The predicted octanol–water partition coefficient (Wildman–Crippen LogP) is 4.19. The summed E-state index contributed by atoms with van der Waals surface area (Å²) in [7, 11) is 1.41. The lowest BCUT2D eigenvalue weighted by Crippen LogP contribution is -2.29. The van der Waals surface area contributed by atoms with Gasteiger partial charge in [-0.1, -0.05) is 17.7 Å². The standard InChI is InChI=1S/C17H12BrClF2N2O2/c1-25-7-12-17(24)23-11-6-5-8(18)15(19)14(11)16(22-12)13-9(20)3-2-4-10(13)21/h2-6,12H,7H2,1H3,(H,23,24)/t12-/m1/s1. The molecule has 3 rings (SSSR count). The van der Waals surface area contributed by atoms with Crippen molar-refractivity contribution in [3.05, 3.63) is 62.6 Å². The van der Waals surface area contributed by atoms with Gasteiger partial charge < -0.3 is 10.1 Å². The fourth-order valence-corrected chi connectivity index (χ4v) is 3.15. The average Bonchev–Trinajstić information content (AvgIpc) is 2.69. The van der Waals surface area contributed by atoms with Gasteiger partial charge in [-0.3, -0.25) is 9.79 Å². The third-order valence-corrected chi connectivity index (χ3v) is 4.98. The van der Waals surface area contributed by atoms with Crippen LogP contribution in [0.5, 0.6) is 0 Å². The number of rotatable bonds is 3. The van der Waals surface area contributed by atoms with Crippen LogP contribution in [0.1, 0.15) is 11.1 Å². The van der Waals surface area contributed by atoms with Crippen LogP contribution in [0.3, 0.4) is 0 Å². The summed E-state index contributed by atoms with van der Waals surface area (Å²) in [5.74, 6) is -2.05. The van der Waals surface area contributed by atoms with E-state index in [2.05, 4.69) is 26.2 Å². The Balaban J connectivity index is 2.34. The molecule has 130 valence electrons. The molecule has 1 aliphatic heterocycles. The number of carbonyl (C=O) groups is 1. The van der Waals surface area contributed by atoms with Gasteiger partial charge in [-0.2, -0.15) is 0 Å². The quantitative estimate of drug-likeness (QED) is 0.796. The molecule has 0 aromatic heterocycles. The third kappa shape index (κ3) is 3.31. The van der Waals surface area contributed by atoms with Crippen LogP contribution in [0, 0.1) is 11.6 Å². The van der Waals surface area contributed by atoms with E-state index in [0.29, 0.717) is 10.2 Å². The first-order valence-corrected chi connectivity index (χ1v) is 8.41. The Bertz CT molecular complexity index is 869. The van der Waals surface area contributed by atoms with Crippen LogP contribution < -0.4 is 5.32 Å². The number of nitrogens with one attached hydrogen (secondary N) is 1. The first-order valence-electron chi connectivity index (χ1n) is 7.24. The summed E-state index contributed by atoms with van der Waals surface area (Å²) in [6, 6.07) is 5.75. The van der Waals surface area contributed by atoms with Gasteiger partial charge in [-0.05, 0) is 40.2 Å². The normalized spacial score (nSPS) is 16.8. The van der Waals surface area contributed by atoms with Gasteiger partial charge in [0, 0.05) is 17.1 Å². The van der Waals surface area contributed by atoms with Gasteiger partial charge in [0.1, 0.15) is 11.6 Å². The van der Waals surface area contributed by atoms with Gasteiger partial charge in [-0.15, -0.1) is 0 Å². The largest absolute Gasteiger partial charge is 0.382 e. The summed E-state index contributed by atoms with van der Waals surface area (Å²) >= 11 is 9.64. The zero-order valence-corrected chi connectivity index (χ0v) is 15.3. The predicted molar refractivity (Wildman–Crippen MR) is 95.4 cm³/mol. The maximum absolute atomic E-state index is 14.4. The van der Waals surface area contributed by atoms with E-state index in [1.54, 1.807) is 12.1 Å². The van der Waals surface area contributed by atoms with Gasteiger partial charge >= 0.3 is 0 Å². The number of carbonyl (C=O) groups excluding carboxylic acids is 1. The van der Waals surface area contributed by atoms with E-state index in [1.165, 1.54) is 13.2 Å². The lowest BCUT2D eigenvalue weighted by molar-refractivity contribution is -0.118. The van der Waals surface area contributed by atoms with Gasteiger partial charge in [0.25, 0.3) is 5.91 Å². The van der Waals surface area contributed by atoms with Crippen LogP contribution in [0.25, 0.3) is 0 Å².